The molecule has 1 aromatic heterocycles. The molecule has 0 aliphatic heterocycles. The number of nitrogens with one attached hydrogen (secondary N) is 1. The van der Waals surface area contributed by atoms with Crippen LogP contribution in [-0.4, -0.2) is 20.6 Å². The molecule has 0 saturated carbocycles. The maximum absolute atomic E-state index is 11.7. The second kappa shape index (κ2) is 6.85. The Bertz CT molecular complexity index is 656. The third-order valence-electron chi connectivity index (χ3n) is 2.83. The lowest BCUT2D eigenvalue weighted by molar-refractivity contribution is -0.385. The van der Waals surface area contributed by atoms with Gasteiger partial charge in [0.05, 0.1) is 4.92 Å². The number of benzene rings is 1. The number of aryl methyl sites for hydroxylation is 1. The molecule has 7 nitrogen and oxygen atoms in total. The topological polar surface area (TPSA) is 90.1 Å². The van der Waals surface area contributed by atoms with Crippen molar-refractivity contribution in [2.24, 2.45) is 0 Å². The molecule has 2 aromatic rings. The Hall–Kier alpha value is -2.41. The zero-order chi connectivity index (χ0) is 15.2. The van der Waals surface area contributed by atoms with Crippen LogP contribution in [0.25, 0.3) is 0 Å². The van der Waals surface area contributed by atoms with Gasteiger partial charge in [-0.2, -0.15) is 5.10 Å². The fourth-order valence-corrected chi connectivity index (χ4v) is 1.91. The molecule has 1 heterocycles. The first-order valence-electron chi connectivity index (χ1n) is 6.23. The Morgan fingerprint density at radius 1 is 1.43 bits per heavy atom. The Balaban J connectivity index is 1.79. The van der Waals surface area contributed by atoms with Crippen molar-refractivity contribution in [1.82, 2.24) is 15.1 Å². The quantitative estimate of drug-likeness (QED) is 0.654. The van der Waals surface area contributed by atoms with E-state index in [9.17, 15) is 14.9 Å². The van der Waals surface area contributed by atoms with E-state index in [1.54, 1.807) is 6.07 Å². The first-order valence-corrected chi connectivity index (χ1v) is 6.61. The Morgan fingerprint density at radius 2 is 2.19 bits per heavy atom. The minimum atomic E-state index is -0.527. The lowest BCUT2D eigenvalue weighted by atomic mass is 10.2. The average Bonchev–Trinajstić information content (AvgIpc) is 2.93. The molecule has 0 spiro atoms. The first-order chi connectivity index (χ1) is 10.1. The van der Waals surface area contributed by atoms with Crippen molar-refractivity contribution in [2.45, 2.75) is 19.5 Å². The van der Waals surface area contributed by atoms with Crippen LogP contribution in [0.2, 0.25) is 5.02 Å². The van der Waals surface area contributed by atoms with E-state index in [4.69, 9.17) is 11.6 Å². The number of rotatable bonds is 6. The summed E-state index contributed by atoms with van der Waals surface area (Å²) in [6.45, 7) is 0.625. The number of nitro groups is 1. The summed E-state index contributed by atoms with van der Waals surface area (Å²) in [6.07, 6.45) is 2.63. The van der Waals surface area contributed by atoms with Gasteiger partial charge in [0.15, 0.2) is 0 Å². The summed E-state index contributed by atoms with van der Waals surface area (Å²) in [5.41, 5.74) is 0.744. The van der Waals surface area contributed by atoms with Crippen molar-refractivity contribution in [3.05, 3.63) is 57.4 Å². The van der Waals surface area contributed by atoms with Gasteiger partial charge in [-0.15, -0.1) is 0 Å². The van der Waals surface area contributed by atoms with Crippen molar-refractivity contribution in [1.29, 1.82) is 0 Å². The van der Waals surface area contributed by atoms with Crippen LogP contribution in [0.15, 0.2) is 36.7 Å². The maximum Gasteiger partial charge on any atom is 0.306 e. The van der Waals surface area contributed by atoms with E-state index in [2.05, 4.69) is 10.4 Å². The zero-order valence-electron chi connectivity index (χ0n) is 11.0. The van der Waals surface area contributed by atoms with Gasteiger partial charge in [0.25, 0.3) is 0 Å². The molecule has 0 aliphatic rings. The molecular weight excluding hydrogens is 296 g/mol. The summed E-state index contributed by atoms with van der Waals surface area (Å²) < 4.78 is 1.37. The molecule has 1 aromatic carbocycles. The van der Waals surface area contributed by atoms with Crippen molar-refractivity contribution in [2.75, 3.05) is 0 Å². The van der Waals surface area contributed by atoms with Gasteiger partial charge in [-0.1, -0.05) is 29.8 Å². The van der Waals surface area contributed by atoms with Gasteiger partial charge in [-0.25, -0.2) is 0 Å². The minimum Gasteiger partial charge on any atom is -0.352 e. The number of nitrogens with zero attached hydrogens (tertiary/aromatic N) is 3. The fourth-order valence-electron chi connectivity index (χ4n) is 1.71. The van der Waals surface area contributed by atoms with Crippen LogP contribution in [0, 0.1) is 10.1 Å². The molecule has 1 amide bonds. The number of halogens is 1. The van der Waals surface area contributed by atoms with Crippen molar-refractivity contribution < 1.29 is 9.72 Å². The zero-order valence-corrected chi connectivity index (χ0v) is 11.8. The maximum atomic E-state index is 11.7. The van der Waals surface area contributed by atoms with Crippen LogP contribution in [0.5, 0.6) is 0 Å². The van der Waals surface area contributed by atoms with Crippen LogP contribution in [0.4, 0.5) is 5.69 Å². The Kier molecular flexibility index (Phi) is 4.89. The highest BCUT2D eigenvalue weighted by Gasteiger charge is 2.10. The second-order valence-corrected chi connectivity index (χ2v) is 4.74. The SMILES string of the molecule is O=C(CCn1cc([N+](=O)[O-])cn1)NCc1ccccc1Cl. The summed E-state index contributed by atoms with van der Waals surface area (Å²) in [5, 5.41) is 17.7. The van der Waals surface area contributed by atoms with Gasteiger partial charge in [0, 0.05) is 24.5 Å². The van der Waals surface area contributed by atoms with Gasteiger partial charge in [0.1, 0.15) is 12.4 Å². The third kappa shape index (κ3) is 4.28. The van der Waals surface area contributed by atoms with Gasteiger partial charge in [-0.05, 0) is 11.6 Å². The molecule has 0 fully saturated rings. The third-order valence-corrected chi connectivity index (χ3v) is 3.20. The molecule has 0 unspecified atom stereocenters. The predicted molar refractivity (Wildman–Crippen MR) is 76.8 cm³/mol. The van der Waals surface area contributed by atoms with E-state index < -0.39 is 4.92 Å². The molecule has 8 heteroatoms. The normalized spacial score (nSPS) is 10.3. The average molecular weight is 309 g/mol. The number of hydrogen-bond acceptors (Lipinski definition) is 4. The second-order valence-electron chi connectivity index (χ2n) is 4.34. The Morgan fingerprint density at radius 3 is 2.86 bits per heavy atom. The number of aromatic nitrogens is 2. The van der Waals surface area contributed by atoms with E-state index >= 15 is 0 Å². The first kappa shape index (κ1) is 15.0. The van der Waals surface area contributed by atoms with Crippen LogP contribution >= 0.6 is 11.6 Å². The monoisotopic (exact) mass is 308 g/mol. The molecule has 0 radical (unpaired) electrons. The highest BCUT2D eigenvalue weighted by Crippen LogP contribution is 2.14. The molecule has 21 heavy (non-hydrogen) atoms. The summed E-state index contributed by atoms with van der Waals surface area (Å²) in [4.78, 5) is 21.7. The van der Waals surface area contributed by atoms with Gasteiger partial charge < -0.3 is 5.32 Å². The van der Waals surface area contributed by atoms with Gasteiger partial charge >= 0.3 is 5.69 Å². The molecular formula is C13H13ClN4O3. The fraction of sp³-hybridized carbons (Fsp3) is 0.231. The van der Waals surface area contributed by atoms with Crippen molar-refractivity contribution >= 4 is 23.2 Å². The van der Waals surface area contributed by atoms with Crippen molar-refractivity contribution in [3.8, 4) is 0 Å². The lowest BCUT2D eigenvalue weighted by Gasteiger charge is -2.06. The molecule has 0 saturated heterocycles. The number of hydrogen-bond donors (Lipinski definition) is 1. The standard InChI is InChI=1S/C13H13ClN4O3/c14-12-4-2-1-3-10(12)7-15-13(19)5-6-17-9-11(8-16-17)18(20)21/h1-4,8-9H,5-7H2,(H,15,19). The van der Waals surface area contributed by atoms with E-state index in [0.29, 0.717) is 11.6 Å². The van der Waals surface area contributed by atoms with Crippen LogP contribution in [0.1, 0.15) is 12.0 Å². The molecule has 0 aliphatic carbocycles. The van der Waals surface area contributed by atoms with Crippen molar-refractivity contribution in [3.63, 3.8) is 0 Å². The van der Waals surface area contributed by atoms with E-state index in [1.807, 2.05) is 18.2 Å². The highest BCUT2D eigenvalue weighted by molar-refractivity contribution is 6.31. The summed E-state index contributed by atoms with van der Waals surface area (Å²) >= 11 is 5.98. The molecule has 0 atom stereocenters. The lowest BCUT2D eigenvalue weighted by Crippen LogP contribution is -2.24. The van der Waals surface area contributed by atoms with Crippen LogP contribution < -0.4 is 5.32 Å². The van der Waals surface area contributed by atoms with Crippen LogP contribution in [0.3, 0.4) is 0 Å². The summed E-state index contributed by atoms with van der Waals surface area (Å²) in [7, 11) is 0. The molecule has 110 valence electrons. The van der Waals surface area contributed by atoms with Crippen LogP contribution in [-0.2, 0) is 17.9 Å². The highest BCUT2D eigenvalue weighted by atomic mass is 35.5. The number of carbonyl (C=O) groups excluding carboxylic acids is 1. The Labute approximate surface area is 125 Å². The van der Waals surface area contributed by atoms with Gasteiger partial charge in [-0.3, -0.25) is 19.6 Å². The smallest absolute Gasteiger partial charge is 0.306 e. The van der Waals surface area contributed by atoms with E-state index in [1.165, 1.54) is 10.9 Å². The number of amides is 1. The molecule has 1 N–H and O–H groups in total. The van der Waals surface area contributed by atoms with E-state index in [0.717, 1.165) is 11.8 Å². The number of carbonyl (C=O) groups is 1. The predicted octanol–water partition coefficient (Wildman–Crippen LogP) is 2.15. The minimum absolute atomic E-state index is 0.0912. The summed E-state index contributed by atoms with van der Waals surface area (Å²) in [6, 6.07) is 7.25. The molecule has 2 rings (SSSR count). The van der Waals surface area contributed by atoms with E-state index in [-0.39, 0.29) is 24.6 Å². The molecule has 0 bridgehead atoms. The largest absolute Gasteiger partial charge is 0.352 e. The van der Waals surface area contributed by atoms with Gasteiger partial charge in [0.2, 0.25) is 5.91 Å². The summed E-state index contributed by atoms with van der Waals surface area (Å²) in [5.74, 6) is -0.173.